The van der Waals surface area contributed by atoms with Crippen LogP contribution in [0.1, 0.15) is 5.82 Å². The minimum atomic E-state index is 0.350. The summed E-state index contributed by atoms with van der Waals surface area (Å²) in [6, 6.07) is 0. The molecule has 0 saturated heterocycles. The molecule has 0 radical (unpaired) electrons. The minimum absolute atomic E-state index is 0.350. The number of hydrogen-bond acceptors (Lipinski definition) is 5. The van der Waals surface area contributed by atoms with Crippen LogP contribution in [0.2, 0.25) is 0 Å². The van der Waals surface area contributed by atoms with Crippen LogP contribution in [0, 0.1) is 0 Å². The minimum Gasteiger partial charge on any atom is -0.478 e. The Morgan fingerprint density at radius 1 is 1.57 bits per heavy atom. The first-order chi connectivity index (χ1) is 6.81. The first-order valence-corrected chi connectivity index (χ1v) is 4.04. The van der Waals surface area contributed by atoms with Crippen molar-refractivity contribution in [1.29, 1.82) is 0 Å². The molecule has 0 bridgehead atoms. The third-order valence-corrected chi connectivity index (χ3v) is 1.53. The number of nitrogens with one attached hydrogen (secondary N) is 1. The number of rotatable bonds is 3. The van der Waals surface area contributed by atoms with Gasteiger partial charge in [0.05, 0.1) is 25.2 Å². The molecular formula is C9H12N4O. The van der Waals surface area contributed by atoms with Gasteiger partial charge in [0.25, 0.3) is 5.90 Å². The van der Waals surface area contributed by atoms with E-state index < -0.39 is 0 Å². The van der Waals surface area contributed by atoms with Crippen molar-refractivity contribution in [3.63, 3.8) is 0 Å². The standard InChI is InChI=1S/C9H12N4O/c1-4-11-9(14-3)8-12-5-7(10-2)6-13-8/h4-6,10H,1H2,2-3H3. The highest BCUT2D eigenvalue weighted by Gasteiger charge is 2.05. The summed E-state index contributed by atoms with van der Waals surface area (Å²) in [5.74, 6) is 0.786. The largest absolute Gasteiger partial charge is 0.478 e. The molecule has 1 aromatic heterocycles. The average Bonchev–Trinajstić information content (AvgIpc) is 2.26. The van der Waals surface area contributed by atoms with E-state index in [1.165, 1.54) is 13.3 Å². The predicted molar refractivity (Wildman–Crippen MR) is 55.3 cm³/mol. The average molecular weight is 192 g/mol. The van der Waals surface area contributed by atoms with Crippen LogP contribution in [-0.2, 0) is 4.74 Å². The van der Waals surface area contributed by atoms with Crippen LogP contribution < -0.4 is 5.32 Å². The molecule has 0 amide bonds. The van der Waals surface area contributed by atoms with Crippen LogP contribution in [0.3, 0.4) is 0 Å². The lowest BCUT2D eigenvalue weighted by Crippen LogP contribution is -2.08. The molecule has 1 heterocycles. The van der Waals surface area contributed by atoms with Gasteiger partial charge in [-0.2, -0.15) is 0 Å². The Balaban J connectivity index is 2.95. The first-order valence-electron chi connectivity index (χ1n) is 4.04. The summed E-state index contributed by atoms with van der Waals surface area (Å²) >= 11 is 0. The zero-order valence-corrected chi connectivity index (χ0v) is 8.19. The van der Waals surface area contributed by atoms with Gasteiger partial charge in [-0.15, -0.1) is 0 Å². The van der Waals surface area contributed by atoms with E-state index in [9.17, 15) is 0 Å². The Bertz CT molecular complexity index is 331. The summed E-state index contributed by atoms with van der Waals surface area (Å²) < 4.78 is 4.98. The van der Waals surface area contributed by atoms with E-state index in [1.54, 1.807) is 19.4 Å². The molecule has 0 saturated carbocycles. The van der Waals surface area contributed by atoms with Gasteiger partial charge in [0, 0.05) is 13.2 Å². The highest BCUT2D eigenvalue weighted by atomic mass is 16.5. The lowest BCUT2D eigenvalue weighted by Gasteiger charge is -2.02. The van der Waals surface area contributed by atoms with Crippen molar-refractivity contribution in [1.82, 2.24) is 9.97 Å². The number of nitrogens with zero attached hydrogens (tertiary/aromatic N) is 3. The molecule has 1 rings (SSSR count). The maximum Gasteiger partial charge on any atom is 0.259 e. The quantitative estimate of drug-likeness (QED) is 0.574. The summed E-state index contributed by atoms with van der Waals surface area (Å²) in [4.78, 5) is 12.0. The molecule has 0 fully saturated rings. The van der Waals surface area contributed by atoms with Crippen molar-refractivity contribution in [2.75, 3.05) is 19.5 Å². The van der Waals surface area contributed by atoms with Crippen LogP contribution in [0.15, 0.2) is 30.2 Å². The maximum absolute atomic E-state index is 4.98. The lowest BCUT2D eigenvalue weighted by molar-refractivity contribution is 0.401. The SMILES string of the molecule is C=CN=C(OC)c1ncc(NC)cn1. The molecule has 1 aromatic rings. The highest BCUT2D eigenvalue weighted by molar-refractivity contribution is 5.90. The van der Waals surface area contributed by atoms with Gasteiger partial charge >= 0.3 is 0 Å². The molecular weight excluding hydrogens is 180 g/mol. The molecule has 0 aliphatic carbocycles. The number of anilines is 1. The fourth-order valence-electron chi connectivity index (χ4n) is 0.852. The Labute approximate surface area is 82.6 Å². The number of aromatic nitrogens is 2. The molecule has 14 heavy (non-hydrogen) atoms. The van der Waals surface area contributed by atoms with Crippen LogP contribution in [0.5, 0.6) is 0 Å². The van der Waals surface area contributed by atoms with Crippen LogP contribution in [0.25, 0.3) is 0 Å². The van der Waals surface area contributed by atoms with Crippen molar-refractivity contribution in [3.8, 4) is 0 Å². The molecule has 0 aromatic carbocycles. The summed E-state index contributed by atoms with van der Waals surface area (Å²) in [5.41, 5.74) is 0.836. The zero-order chi connectivity index (χ0) is 10.4. The monoisotopic (exact) mass is 192 g/mol. The fraction of sp³-hybridized carbons (Fsp3) is 0.222. The van der Waals surface area contributed by atoms with Crippen molar-refractivity contribution in [2.45, 2.75) is 0 Å². The highest BCUT2D eigenvalue weighted by Crippen LogP contribution is 2.02. The Kier molecular flexibility index (Phi) is 3.60. The molecule has 0 unspecified atom stereocenters. The van der Waals surface area contributed by atoms with E-state index in [-0.39, 0.29) is 0 Å². The summed E-state index contributed by atoms with van der Waals surface area (Å²) in [6.45, 7) is 3.47. The van der Waals surface area contributed by atoms with Gasteiger partial charge in [0.15, 0.2) is 0 Å². The van der Waals surface area contributed by atoms with Crippen molar-refractivity contribution in [2.24, 2.45) is 4.99 Å². The molecule has 5 heteroatoms. The molecule has 0 aliphatic rings. The van der Waals surface area contributed by atoms with Crippen LogP contribution in [0.4, 0.5) is 5.69 Å². The number of ether oxygens (including phenoxy) is 1. The van der Waals surface area contributed by atoms with Gasteiger partial charge in [0.1, 0.15) is 0 Å². The smallest absolute Gasteiger partial charge is 0.259 e. The molecule has 5 nitrogen and oxygen atoms in total. The van der Waals surface area contributed by atoms with E-state index in [4.69, 9.17) is 4.74 Å². The lowest BCUT2D eigenvalue weighted by atomic mass is 10.5. The van der Waals surface area contributed by atoms with Crippen molar-refractivity contribution < 1.29 is 4.74 Å². The molecule has 1 N–H and O–H groups in total. The second-order valence-corrected chi connectivity index (χ2v) is 2.37. The van der Waals surface area contributed by atoms with Crippen LogP contribution in [-0.4, -0.2) is 30.0 Å². The van der Waals surface area contributed by atoms with Gasteiger partial charge in [-0.05, 0) is 0 Å². The topological polar surface area (TPSA) is 59.4 Å². The first kappa shape index (κ1) is 10.2. The third-order valence-electron chi connectivity index (χ3n) is 1.53. The Morgan fingerprint density at radius 2 is 2.21 bits per heavy atom. The van der Waals surface area contributed by atoms with Crippen LogP contribution >= 0.6 is 0 Å². The van der Waals surface area contributed by atoms with Gasteiger partial charge < -0.3 is 10.1 Å². The van der Waals surface area contributed by atoms with E-state index in [2.05, 4.69) is 26.9 Å². The second kappa shape index (κ2) is 4.96. The normalized spacial score (nSPS) is 10.9. The van der Waals surface area contributed by atoms with E-state index in [1.807, 2.05) is 0 Å². The third kappa shape index (κ3) is 2.29. The van der Waals surface area contributed by atoms with Gasteiger partial charge in [-0.3, -0.25) is 0 Å². The number of methoxy groups -OCH3 is 1. The summed E-state index contributed by atoms with van der Waals surface area (Å²) in [7, 11) is 3.31. The maximum atomic E-state index is 4.98. The van der Waals surface area contributed by atoms with E-state index in [0.29, 0.717) is 11.7 Å². The van der Waals surface area contributed by atoms with Gasteiger partial charge in [0.2, 0.25) is 5.82 Å². The Morgan fingerprint density at radius 3 is 2.64 bits per heavy atom. The van der Waals surface area contributed by atoms with E-state index in [0.717, 1.165) is 5.69 Å². The van der Waals surface area contributed by atoms with Gasteiger partial charge in [-0.1, -0.05) is 6.58 Å². The fourth-order valence-corrected chi connectivity index (χ4v) is 0.852. The molecule has 0 spiro atoms. The second-order valence-electron chi connectivity index (χ2n) is 2.37. The van der Waals surface area contributed by atoms with Crippen molar-refractivity contribution in [3.05, 3.63) is 31.0 Å². The molecule has 0 atom stereocenters. The Hall–Kier alpha value is -1.91. The number of aliphatic imine (C=N–C) groups is 1. The van der Waals surface area contributed by atoms with E-state index >= 15 is 0 Å². The van der Waals surface area contributed by atoms with Gasteiger partial charge in [-0.25, -0.2) is 15.0 Å². The summed E-state index contributed by atoms with van der Waals surface area (Å²) in [6.07, 6.45) is 4.69. The number of hydrogen-bond donors (Lipinski definition) is 1. The summed E-state index contributed by atoms with van der Waals surface area (Å²) in [5, 5.41) is 2.92. The molecule has 74 valence electrons. The van der Waals surface area contributed by atoms with Crippen molar-refractivity contribution >= 4 is 11.6 Å². The predicted octanol–water partition coefficient (Wildman–Crippen LogP) is 1.05. The zero-order valence-electron chi connectivity index (χ0n) is 8.19. The molecule has 0 aliphatic heterocycles.